The number of amides is 2. The fraction of sp³-hybridized carbons (Fsp3) is 0.444. The summed E-state index contributed by atoms with van der Waals surface area (Å²) in [7, 11) is 0. The first kappa shape index (κ1) is 23.8. The lowest BCUT2D eigenvalue weighted by Crippen LogP contribution is -2.38. The molecule has 0 bridgehead atoms. The molecule has 1 aliphatic carbocycles. The van der Waals surface area contributed by atoms with E-state index < -0.39 is 6.04 Å². The van der Waals surface area contributed by atoms with Crippen molar-refractivity contribution >= 4 is 28.9 Å². The Morgan fingerprint density at radius 2 is 2.08 bits per heavy atom. The van der Waals surface area contributed by atoms with E-state index in [0.29, 0.717) is 18.9 Å². The van der Waals surface area contributed by atoms with E-state index in [1.807, 2.05) is 11.0 Å². The summed E-state index contributed by atoms with van der Waals surface area (Å²) in [5, 5.41) is 15.0. The molecule has 3 aliphatic rings. The van der Waals surface area contributed by atoms with Crippen molar-refractivity contribution in [2.75, 3.05) is 25.0 Å². The largest absolute Gasteiger partial charge is 0.349 e. The van der Waals surface area contributed by atoms with Gasteiger partial charge in [-0.3, -0.25) is 14.6 Å². The standard InChI is InChI=1S/C27H31N7O2/c28-14-22-16-30-26(32-22)27(36)33-24-7-6-20(12-23(24)19-4-2-1-3-5-19)18-8-10-34(11-9-18)25(35)13-21-15-29-17-31-21/h4,6-7,12,15,17-18,22H,1-3,5,8-11,13,16H2,(H,29,31)(H,30,32)(H,33,36). The second-order valence-corrected chi connectivity index (χ2v) is 9.66. The number of hydrogen-bond acceptors (Lipinski definition) is 6. The molecule has 1 fully saturated rings. The van der Waals surface area contributed by atoms with Gasteiger partial charge in [-0.2, -0.15) is 5.26 Å². The minimum Gasteiger partial charge on any atom is -0.349 e. The molecular formula is C27H31N7O2. The number of carbonyl (C=O) groups excluding carboxylic acids is 2. The zero-order chi connectivity index (χ0) is 24.9. The van der Waals surface area contributed by atoms with Crippen LogP contribution >= 0.6 is 0 Å². The lowest BCUT2D eigenvalue weighted by molar-refractivity contribution is -0.131. The van der Waals surface area contributed by atoms with Crippen LogP contribution in [0.3, 0.4) is 0 Å². The molecule has 5 rings (SSSR count). The Hall–Kier alpha value is -3.93. The van der Waals surface area contributed by atoms with Gasteiger partial charge in [0.15, 0.2) is 5.84 Å². The van der Waals surface area contributed by atoms with Crippen molar-refractivity contribution in [2.24, 2.45) is 4.99 Å². The predicted molar refractivity (Wildman–Crippen MR) is 137 cm³/mol. The van der Waals surface area contributed by atoms with Crippen molar-refractivity contribution in [1.29, 1.82) is 5.26 Å². The summed E-state index contributed by atoms with van der Waals surface area (Å²) in [6, 6.07) is 7.95. The summed E-state index contributed by atoms with van der Waals surface area (Å²) in [5.74, 6) is 0.389. The summed E-state index contributed by atoms with van der Waals surface area (Å²) in [6.45, 7) is 1.76. The van der Waals surface area contributed by atoms with Gasteiger partial charge in [-0.25, -0.2) is 4.98 Å². The van der Waals surface area contributed by atoms with Crippen LogP contribution in [0.2, 0.25) is 0 Å². The molecule has 1 aromatic heterocycles. The van der Waals surface area contributed by atoms with Gasteiger partial charge in [0.05, 0.1) is 25.4 Å². The molecule has 9 nitrogen and oxygen atoms in total. The molecule has 1 saturated heterocycles. The number of H-pyrrole nitrogens is 1. The number of nitrogens with one attached hydrogen (secondary N) is 3. The van der Waals surface area contributed by atoms with Crippen molar-refractivity contribution in [3.8, 4) is 6.07 Å². The molecule has 2 aliphatic heterocycles. The van der Waals surface area contributed by atoms with Gasteiger partial charge in [0.25, 0.3) is 5.91 Å². The Balaban J connectivity index is 1.29. The number of aliphatic imine (C=N–C) groups is 1. The number of amidine groups is 1. The average molecular weight is 486 g/mol. The summed E-state index contributed by atoms with van der Waals surface area (Å²) < 4.78 is 0. The molecule has 0 saturated carbocycles. The molecule has 1 aromatic carbocycles. The number of piperidine rings is 1. The number of imidazole rings is 1. The first-order chi connectivity index (χ1) is 17.6. The zero-order valence-electron chi connectivity index (χ0n) is 20.3. The highest BCUT2D eigenvalue weighted by molar-refractivity contribution is 6.42. The van der Waals surface area contributed by atoms with Crippen LogP contribution in [-0.4, -0.2) is 58.2 Å². The van der Waals surface area contributed by atoms with Crippen LogP contribution in [0, 0.1) is 11.3 Å². The molecule has 0 spiro atoms. The number of rotatable bonds is 6. The average Bonchev–Trinajstić information content (AvgIpc) is 3.62. The third kappa shape index (κ3) is 5.33. The minimum absolute atomic E-state index is 0.130. The minimum atomic E-state index is -0.453. The van der Waals surface area contributed by atoms with Gasteiger partial charge in [0.1, 0.15) is 6.04 Å². The van der Waals surface area contributed by atoms with Crippen molar-refractivity contribution in [2.45, 2.75) is 56.9 Å². The van der Waals surface area contributed by atoms with Crippen LogP contribution < -0.4 is 10.6 Å². The number of likely N-dealkylation sites (tertiary alicyclic amines) is 1. The molecule has 186 valence electrons. The lowest BCUT2D eigenvalue weighted by Gasteiger charge is -2.32. The molecule has 2 aromatic rings. The maximum atomic E-state index is 12.8. The fourth-order valence-electron chi connectivity index (χ4n) is 5.22. The smallest absolute Gasteiger partial charge is 0.290 e. The third-order valence-electron chi connectivity index (χ3n) is 7.26. The Morgan fingerprint density at radius 1 is 1.22 bits per heavy atom. The second-order valence-electron chi connectivity index (χ2n) is 9.66. The number of nitriles is 1. The first-order valence-electron chi connectivity index (χ1n) is 12.7. The quantitative estimate of drug-likeness (QED) is 0.579. The SMILES string of the molecule is N#CC1CN=C(C(=O)Nc2ccc(C3CCN(C(=O)Cc4cnc[nH]4)CC3)cc2C2=CCCCC2)N1. The summed E-state index contributed by atoms with van der Waals surface area (Å²) >= 11 is 0. The second kappa shape index (κ2) is 10.8. The van der Waals surface area contributed by atoms with Crippen LogP contribution in [-0.2, 0) is 16.0 Å². The van der Waals surface area contributed by atoms with E-state index in [2.05, 4.69) is 49.9 Å². The van der Waals surface area contributed by atoms with Crippen molar-refractivity contribution < 1.29 is 9.59 Å². The number of nitrogens with zero attached hydrogens (tertiary/aromatic N) is 4. The van der Waals surface area contributed by atoms with Crippen molar-refractivity contribution in [1.82, 2.24) is 20.2 Å². The summed E-state index contributed by atoms with van der Waals surface area (Å²) in [5.41, 5.74) is 5.19. The number of allylic oxidation sites excluding steroid dienone is 2. The van der Waals surface area contributed by atoms with E-state index in [1.54, 1.807) is 12.5 Å². The lowest BCUT2D eigenvalue weighted by atomic mass is 9.85. The first-order valence-corrected chi connectivity index (χ1v) is 12.7. The van der Waals surface area contributed by atoms with Crippen LogP contribution in [0.1, 0.15) is 61.3 Å². The Labute approximate surface area is 210 Å². The number of aromatic amines is 1. The number of hydrogen-bond donors (Lipinski definition) is 3. The highest BCUT2D eigenvalue weighted by atomic mass is 16.2. The van der Waals surface area contributed by atoms with Gasteiger partial charge in [-0.15, -0.1) is 0 Å². The van der Waals surface area contributed by atoms with Gasteiger partial charge < -0.3 is 20.5 Å². The van der Waals surface area contributed by atoms with Gasteiger partial charge in [0.2, 0.25) is 5.91 Å². The van der Waals surface area contributed by atoms with Gasteiger partial charge in [-0.1, -0.05) is 12.1 Å². The highest BCUT2D eigenvalue weighted by Gasteiger charge is 2.26. The van der Waals surface area contributed by atoms with E-state index in [9.17, 15) is 9.59 Å². The molecule has 3 heterocycles. The van der Waals surface area contributed by atoms with Gasteiger partial charge in [0, 0.05) is 36.2 Å². The van der Waals surface area contributed by atoms with Crippen LogP contribution in [0.15, 0.2) is 41.8 Å². The maximum absolute atomic E-state index is 12.8. The summed E-state index contributed by atoms with van der Waals surface area (Å²) in [4.78, 5) is 38.6. The van der Waals surface area contributed by atoms with Crippen LogP contribution in [0.5, 0.6) is 0 Å². The molecule has 0 radical (unpaired) electrons. The number of aromatic nitrogens is 2. The monoisotopic (exact) mass is 485 g/mol. The Bertz CT molecular complexity index is 1220. The van der Waals surface area contributed by atoms with E-state index in [1.165, 1.54) is 17.6 Å². The van der Waals surface area contributed by atoms with E-state index in [4.69, 9.17) is 5.26 Å². The van der Waals surface area contributed by atoms with Gasteiger partial charge >= 0.3 is 0 Å². The maximum Gasteiger partial charge on any atom is 0.290 e. The normalized spacial score (nSPS) is 20.2. The fourth-order valence-corrected chi connectivity index (χ4v) is 5.22. The van der Waals surface area contributed by atoms with E-state index >= 15 is 0 Å². The third-order valence-corrected chi connectivity index (χ3v) is 7.26. The molecule has 36 heavy (non-hydrogen) atoms. The Kier molecular flexibility index (Phi) is 7.12. The summed E-state index contributed by atoms with van der Waals surface area (Å²) in [6.07, 6.45) is 12.1. The van der Waals surface area contributed by atoms with Gasteiger partial charge in [-0.05, 0) is 67.7 Å². The number of carbonyl (C=O) groups is 2. The predicted octanol–water partition coefficient (Wildman–Crippen LogP) is 3.15. The molecule has 1 unspecified atom stereocenters. The van der Waals surface area contributed by atoms with Crippen LogP contribution in [0.4, 0.5) is 5.69 Å². The van der Waals surface area contributed by atoms with Crippen molar-refractivity contribution in [3.63, 3.8) is 0 Å². The van der Waals surface area contributed by atoms with Crippen LogP contribution in [0.25, 0.3) is 5.57 Å². The Morgan fingerprint density at radius 3 is 2.78 bits per heavy atom. The number of benzene rings is 1. The molecule has 2 amide bonds. The topological polar surface area (TPSA) is 126 Å². The molecular weight excluding hydrogens is 454 g/mol. The number of anilines is 1. The highest BCUT2D eigenvalue weighted by Crippen LogP contribution is 2.36. The van der Waals surface area contributed by atoms with E-state index in [0.717, 1.165) is 62.1 Å². The zero-order valence-corrected chi connectivity index (χ0v) is 20.3. The molecule has 9 heteroatoms. The molecule has 1 atom stereocenters. The van der Waals surface area contributed by atoms with E-state index in [-0.39, 0.29) is 17.6 Å². The van der Waals surface area contributed by atoms with Crippen molar-refractivity contribution in [3.05, 3.63) is 53.6 Å². The molecule has 3 N–H and O–H groups in total.